The van der Waals surface area contributed by atoms with E-state index >= 15 is 0 Å². The number of cyclic esters (lactones) is 1. The van der Waals surface area contributed by atoms with Crippen LogP contribution in [0.5, 0.6) is 0 Å². The summed E-state index contributed by atoms with van der Waals surface area (Å²) in [5, 5.41) is 16.8. The zero-order valence-electron chi connectivity index (χ0n) is 3.87. The van der Waals surface area contributed by atoms with Gasteiger partial charge in [0, 0.05) is 6.08 Å². The fraction of sp³-hybridized carbons (Fsp3) is 0.250. The van der Waals surface area contributed by atoms with Crippen LogP contribution in [0.2, 0.25) is 0 Å². The molecule has 44 valence electrons. The number of carbonyl (C=O) groups is 1. The summed E-state index contributed by atoms with van der Waals surface area (Å²) in [5.41, 5.74) is 0. The van der Waals surface area contributed by atoms with Gasteiger partial charge in [0.25, 0.3) is 0 Å². The zero-order valence-corrected chi connectivity index (χ0v) is 3.87. The second-order valence-corrected chi connectivity index (χ2v) is 1.35. The number of esters is 1. The predicted molar refractivity (Wildman–Crippen MR) is 22.8 cm³/mol. The van der Waals surface area contributed by atoms with Gasteiger partial charge in [-0.25, -0.2) is 4.79 Å². The smallest absolute Gasteiger partial charge is 0.375 e. The first-order valence-corrected chi connectivity index (χ1v) is 2.00. The third kappa shape index (κ3) is 0.651. The van der Waals surface area contributed by atoms with Crippen LogP contribution in [0, 0.1) is 0 Å². The number of aliphatic hydroxyl groups excluding tert-OH is 2. The number of hydrogen-bond acceptors (Lipinski definition) is 4. The molecule has 0 amide bonds. The van der Waals surface area contributed by atoms with E-state index in [-0.39, 0.29) is 0 Å². The predicted octanol–water partition coefficient (Wildman–Crippen LogP) is -0.696. The molecule has 0 bridgehead atoms. The Labute approximate surface area is 45.0 Å². The van der Waals surface area contributed by atoms with Crippen molar-refractivity contribution in [1.29, 1.82) is 0 Å². The minimum atomic E-state index is -1.26. The summed E-state index contributed by atoms with van der Waals surface area (Å²) in [6, 6.07) is 0. The lowest BCUT2D eigenvalue weighted by atomic mass is 10.5. The van der Waals surface area contributed by atoms with Crippen LogP contribution in [0.3, 0.4) is 0 Å². The van der Waals surface area contributed by atoms with E-state index in [1.807, 2.05) is 0 Å². The monoisotopic (exact) mass is 116 g/mol. The molecule has 2 N–H and O–H groups in total. The van der Waals surface area contributed by atoms with Crippen LogP contribution in [-0.4, -0.2) is 22.5 Å². The van der Waals surface area contributed by atoms with E-state index in [1.54, 1.807) is 0 Å². The molecule has 1 aliphatic rings. The van der Waals surface area contributed by atoms with Crippen LogP contribution in [0.4, 0.5) is 0 Å². The molecular formula is C4H4O4. The summed E-state index contributed by atoms with van der Waals surface area (Å²) in [6.07, 6.45) is -0.343. The number of aliphatic hydroxyl groups is 2. The first-order chi connectivity index (χ1) is 3.70. The molecule has 1 rings (SSSR count). The largest absolute Gasteiger partial charge is 0.502 e. The Morgan fingerprint density at radius 2 is 2.38 bits per heavy atom. The fourth-order valence-corrected chi connectivity index (χ4v) is 0.407. The number of hydrogen-bond donors (Lipinski definition) is 2. The van der Waals surface area contributed by atoms with Gasteiger partial charge in [-0.05, 0) is 0 Å². The number of carbonyl (C=O) groups excluding carboxylic acids is 1. The molecule has 0 fully saturated rings. The third-order valence-corrected chi connectivity index (χ3v) is 0.737. The molecule has 0 spiro atoms. The summed E-state index contributed by atoms with van der Waals surface area (Å²) >= 11 is 0. The normalized spacial score (nSPS) is 27.4. The van der Waals surface area contributed by atoms with Gasteiger partial charge >= 0.3 is 5.97 Å². The quantitative estimate of drug-likeness (QED) is 0.411. The van der Waals surface area contributed by atoms with Gasteiger partial charge in [-0.15, -0.1) is 0 Å². The summed E-state index contributed by atoms with van der Waals surface area (Å²) < 4.78 is 4.05. The van der Waals surface area contributed by atoms with Crippen molar-refractivity contribution in [1.82, 2.24) is 0 Å². The van der Waals surface area contributed by atoms with Gasteiger partial charge in [0.1, 0.15) is 0 Å². The van der Waals surface area contributed by atoms with E-state index in [2.05, 4.69) is 4.74 Å². The average molecular weight is 116 g/mol. The van der Waals surface area contributed by atoms with Gasteiger partial charge in [0.2, 0.25) is 12.0 Å². The fourth-order valence-electron chi connectivity index (χ4n) is 0.407. The van der Waals surface area contributed by atoms with E-state index in [0.717, 1.165) is 6.08 Å². The summed E-state index contributed by atoms with van der Waals surface area (Å²) in [7, 11) is 0. The Morgan fingerprint density at radius 1 is 1.75 bits per heavy atom. The molecule has 1 atom stereocenters. The lowest BCUT2D eigenvalue weighted by molar-refractivity contribution is -0.153. The molecule has 0 aliphatic carbocycles. The van der Waals surface area contributed by atoms with E-state index in [0.29, 0.717) is 0 Å². The molecule has 8 heavy (non-hydrogen) atoms. The van der Waals surface area contributed by atoms with Crippen LogP contribution < -0.4 is 0 Å². The van der Waals surface area contributed by atoms with Gasteiger partial charge in [-0.2, -0.15) is 0 Å². The van der Waals surface area contributed by atoms with E-state index in [4.69, 9.17) is 10.2 Å². The lowest BCUT2D eigenvalue weighted by Gasteiger charge is -1.94. The Kier molecular flexibility index (Phi) is 0.948. The van der Waals surface area contributed by atoms with Crippen LogP contribution in [0.25, 0.3) is 0 Å². The molecule has 1 aliphatic heterocycles. The highest BCUT2D eigenvalue weighted by Crippen LogP contribution is 2.06. The van der Waals surface area contributed by atoms with Crippen molar-refractivity contribution in [3.63, 3.8) is 0 Å². The molecular weight excluding hydrogens is 112 g/mol. The van der Waals surface area contributed by atoms with E-state index in [9.17, 15) is 4.79 Å². The van der Waals surface area contributed by atoms with Crippen LogP contribution in [0.1, 0.15) is 0 Å². The van der Waals surface area contributed by atoms with Crippen molar-refractivity contribution >= 4 is 5.97 Å². The zero-order chi connectivity index (χ0) is 6.15. The van der Waals surface area contributed by atoms with Crippen LogP contribution >= 0.6 is 0 Å². The topological polar surface area (TPSA) is 66.8 Å². The second kappa shape index (κ2) is 1.48. The molecule has 0 aromatic heterocycles. The van der Waals surface area contributed by atoms with Crippen molar-refractivity contribution in [3.05, 3.63) is 11.8 Å². The Balaban J connectivity index is 2.73. The molecule has 4 heteroatoms. The Bertz CT molecular complexity index is 148. The maximum absolute atomic E-state index is 10.1. The van der Waals surface area contributed by atoms with Crippen molar-refractivity contribution in [3.8, 4) is 0 Å². The van der Waals surface area contributed by atoms with E-state index < -0.39 is 18.0 Å². The Hall–Kier alpha value is -1.03. The maximum Gasteiger partial charge on any atom is 0.375 e. The van der Waals surface area contributed by atoms with Crippen molar-refractivity contribution in [2.75, 3.05) is 0 Å². The minimum absolute atomic E-state index is 0.530. The number of rotatable bonds is 0. The minimum Gasteiger partial charge on any atom is -0.502 e. The van der Waals surface area contributed by atoms with Crippen molar-refractivity contribution in [2.24, 2.45) is 0 Å². The summed E-state index contributed by atoms with van der Waals surface area (Å²) in [5.74, 6) is -1.41. The molecule has 0 radical (unpaired) electrons. The molecule has 0 aromatic rings. The third-order valence-electron chi connectivity index (χ3n) is 0.737. The van der Waals surface area contributed by atoms with E-state index in [1.165, 1.54) is 0 Å². The second-order valence-electron chi connectivity index (χ2n) is 1.35. The number of ether oxygens (including phenoxy) is 1. The van der Waals surface area contributed by atoms with Gasteiger partial charge in [0.05, 0.1) is 0 Å². The van der Waals surface area contributed by atoms with Crippen molar-refractivity contribution < 1.29 is 19.7 Å². The Morgan fingerprint density at radius 3 is 2.50 bits per heavy atom. The molecule has 4 nitrogen and oxygen atoms in total. The highest BCUT2D eigenvalue weighted by molar-refractivity contribution is 5.87. The summed E-state index contributed by atoms with van der Waals surface area (Å²) in [6.45, 7) is 0. The SMILES string of the molecule is O=C1OC(O)C=C1O. The summed E-state index contributed by atoms with van der Waals surface area (Å²) in [4.78, 5) is 10.1. The van der Waals surface area contributed by atoms with Gasteiger partial charge in [0.15, 0.2) is 0 Å². The lowest BCUT2D eigenvalue weighted by Crippen LogP contribution is -2.05. The highest BCUT2D eigenvalue weighted by Gasteiger charge is 2.21. The maximum atomic E-state index is 10.1. The first kappa shape index (κ1) is 5.11. The van der Waals surface area contributed by atoms with Gasteiger partial charge < -0.3 is 14.9 Å². The first-order valence-electron chi connectivity index (χ1n) is 2.00. The van der Waals surface area contributed by atoms with Gasteiger partial charge in [-0.3, -0.25) is 0 Å². The molecule has 0 saturated heterocycles. The highest BCUT2D eigenvalue weighted by atomic mass is 16.6. The molecule has 0 aromatic carbocycles. The molecule has 0 saturated carbocycles. The van der Waals surface area contributed by atoms with Gasteiger partial charge in [-0.1, -0.05) is 0 Å². The molecule has 1 heterocycles. The van der Waals surface area contributed by atoms with Crippen LogP contribution in [-0.2, 0) is 9.53 Å². The average Bonchev–Trinajstić information content (AvgIpc) is 1.85. The molecule has 1 unspecified atom stereocenters. The van der Waals surface area contributed by atoms with Crippen molar-refractivity contribution in [2.45, 2.75) is 6.29 Å². The standard InChI is InChI=1S/C4H4O4/c5-2-1-3(6)8-4(2)7/h1,3,5-6H. The van der Waals surface area contributed by atoms with Crippen LogP contribution in [0.15, 0.2) is 11.8 Å².